The number of halogens is 1. The van der Waals surface area contributed by atoms with Crippen molar-refractivity contribution >= 4 is 11.6 Å². The molecule has 0 heterocycles. The Balaban J connectivity index is 2.28. The van der Waals surface area contributed by atoms with Crippen LogP contribution < -0.4 is 0 Å². The molecule has 0 aliphatic heterocycles. The standard InChI is InChI=1S/C18H19ClO2/c1-17(2)10-18(3,11-4-6-12(20)7-5-11)15-13(17)8-9-14(21)16(15)19/h4-9,20-21H,10H2,1-3H3. The van der Waals surface area contributed by atoms with Crippen molar-refractivity contribution in [3.8, 4) is 11.5 Å². The Hall–Kier alpha value is -1.67. The highest BCUT2D eigenvalue weighted by molar-refractivity contribution is 6.33. The molecule has 1 unspecified atom stereocenters. The molecule has 1 aliphatic rings. The largest absolute Gasteiger partial charge is 0.508 e. The average molecular weight is 303 g/mol. The lowest BCUT2D eigenvalue weighted by atomic mass is 9.75. The third kappa shape index (κ3) is 2.01. The molecule has 21 heavy (non-hydrogen) atoms. The molecule has 2 nitrogen and oxygen atoms in total. The number of aromatic hydroxyl groups is 2. The van der Waals surface area contributed by atoms with Crippen molar-refractivity contribution in [1.29, 1.82) is 0 Å². The maximum atomic E-state index is 10.0. The number of phenolic OH excluding ortho intramolecular Hbond substituents is 2. The van der Waals surface area contributed by atoms with Gasteiger partial charge in [-0.25, -0.2) is 0 Å². The lowest BCUT2D eigenvalue weighted by molar-refractivity contribution is 0.423. The van der Waals surface area contributed by atoms with E-state index >= 15 is 0 Å². The lowest BCUT2D eigenvalue weighted by Gasteiger charge is -2.29. The van der Waals surface area contributed by atoms with Crippen molar-refractivity contribution in [1.82, 2.24) is 0 Å². The summed E-state index contributed by atoms with van der Waals surface area (Å²) in [5, 5.41) is 20.0. The summed E-state index contributed by atoms with van der Waals surface area (Å²) in [5.41, 5.74) is 2.99. The van der Waals surface area contributed by atoms with Gasteiger partial charge in [0.05, 0.1) is 5.02 Å². The molecule has 2 aromatic carbocycles. The van der Waals surface area contributed by atoms with E-state index in [9.17, 15) is 10.2 Å². The minimum atomic E-state index is -0.275. The molecule has 0 bridgehead atoms. The molecule has 0 radical (unpaired) electrons. The molecule has 1 atom stereocenters. The topological polar surface area (TPSA) is 40.5 Å². The van der Waals surface area contributed by atoms with Gasteiger partial charge < -0.3 is 10.2 Å². The Labute approximate surface area is 130 Å². The highest BCUT2D eigenvalue weighted by Gasteiger charge is 2.47. The predicted octanol–water partition coefficient (Wildman–Crippen LogP) is 4.74. The maximum Gasteiger partial charge on any atom is 0.134 e. The van der Waals surface area contributed by atoms with Crippen LogP contribution in [0.15, 0.2) is 36.4 Å². The number of fused-ring (bicyclic) bond motifs is 1. The van der Waals surface area contributed by atoms with Gasteiger partial charge in [-0.3, -0.25) is 0 Å². The molecule has 0 aromatic heterocycles. The van der Waals surface area contributed by atoms with Gasteiger partial charge in [-0.2, -0.15) is 0 Å². The van der Waals surface area contributed by atoms with Gasteiger partial charge >= 0.3 is 0 Å². The summed E-state index contributed by atoms with van der Waals surface area (Å²) in [6, 6.07) is 10.9. The molecule has 2 N–H and O–H groups in total. The minimum absolute atomic E-state index is 0.0146. The van der Waals surface area contributed by atoms with Crippen LogP contribution in [-0.4, -0.2) is 10.2 Å². The van der Waals surface area contributed by atoms with E-state index in [1.54, 1.807) is 18.2 Å². The number of hydrogen-bond donors (Lipinski definition) is 2. The SMILES string of the molecule is CC1(C)CC(C)(c2ccc(O)cc2)c2c1ccc(O)c2Cl. The van der Waals surface area contributed by atoms with E-state index in [4.69, 9.17) is 11.6 Å². The third-order valence-electron chi connectivity index (χ3n) is 4.70. The molecule has 0 fully saturated rings. The summed E-state index contributed by atoms with van der Waals surface area (Å²) >= 11 is 6.43. The summed E-state index contributed by atoms with van der Waals surface area (Å²) in [5.74, 6) is 0.375. The van der Waals surface area contributed by atoms with E-state index in [-0.39, 0.29) is 22.3 Å². The summed E-state index contributed by atoms with van der Waals surface area (Å²) in [6.07, 6.45) is 0.906. The molecule has 0 saturated carbocycles. The number of benzene rings is 2. The first kappa shape index (κ1) is 14.3. The first-order valence-corrected chi connectivity index (χ1v) is 7.45. The number of rotatable bonds is 1. The van der Waals surface area contributed by atoms with Crippen LogP contribution in [0, 0.1) is 0 Å². The molecule has 3 heteroatoms. The zero-order valence-corrected chi connectivity index (χ0v) is 13.2. The minimum Gasteiger partial charge on any atom is -0.508 e. The number of phenols is 2. The Bertz CT molecular complexity index is 704. The molecule has 0 spiro atoms. The Morgan fingerprint density at radius 3 is 2.19 bits per heavy atom. The summed E-state index contributed by atoms with van der Waals surface area (Å²) in [6.45, 7) is 6.55. The molecule has 1 aliphatic carbocycles. The van der Waals surface area contributed by atoms with Gasteiger partial charge in [0, 0.05) is 5.41 Å². The van der Waals surface area contributed by atoms with Gasteiger partial charge in [-0.1, -0.05) is 50.6 Å². The summed E-state index contributed by atoms with van der Waals surface area (Å²) in [7, 11) is 0. The van der Waals surface area contributed by atoms with E-state index in [0.29, 0.717) is 5.02 Å². The van der Waals surface area contributed by atoms with E-state index in [1.807, 2.05) is 18.2 Å². The van der Waals surface area contributed by atoms with E-state index in [0.717, 1.165) is 17.5 Å². The van der Waals surface area contributed by atoms with Gasteiger partial charge in [0.15, 0.2) is 0 Å². The van der Waals surface area contributed by atoms with Crippen LogP contribution in [0.3, 0.4) is 0 Å². The normalized spacial score (nSPS) is 23.0. The second-order valence-corrected chi connectivity index (χ2v) is 7.14. The summed E-state index contributed by atoms with van der Waals surface area (Å²) in [4.78, 5) is 0. The zero-order valence-electron chi connectivity index (χ0n) is 12.4. The van der Waals surface area contributed by atoms with Crippen LogP contribution >= 0.6 is 11.6 Å². The van der Waals surface area contributed by atoms with E-state index in [1.165, 1.54) is 5.56 Å². The second kappa shape index (κ2) is 4.41. The molecule has 110 valence electrons. The molecule has 0 saturated heterocycles. The van der Waals surface area contributed by atoms with Crippen LogP contribution in [0.5, 0.6) is 11.5 Å². The van der Waals surface area contributed by atoms with Crippen molar-refractivity contribution in [3.05, 3.63) is 58.1 Å². The second-order valence-electron chi connectivity index (χ2n) is 6.76. The van der Waals surface area contributed by atoms with Crippen LogP contribution in [0.2, 0.25) is 5.02 Å². The van der Waals surface area contributed by atoms with Gasteiger partial charge in [-0.15, -0.1) is 0 Å². The highest BCUT2D eigenvalue weighted by Crippen LogP contribution is 2.56. The van der Waals surface area contributed by atoms with Crippen molar-refractivity contribution in [3.63, 3.8) is 0 Å². The van der Waals surface area contributed by atoms with Crippen LogP contribution in [0.1, 0.15) is 43.9 Å². The van der Waals surface area contributed by atoms with E-state index < -0.39 is 0 Å². The van der Waals surface area contributed by atoms with Crippen LogP contribution in [0.4, 0.5) is 0 Å². The quantitative estimate of drug-likeness (QED) is 0.799. The molecule has 0 amide bonds. The zero-order chi connectivity index (χ0) is 15.4. The molecule has 3 rings (SSSR count). The first-order chi connectivity index (χ1) is 9.75. The smallest absolute Gasteiger partial charge is 0.134 e. The molecular weight excluding hydrogens is 284 g/mol. The van der Waals surface area contributed by atoms with Crippen molar-refractivity contribution in [2.24, 2.45) is 0 Å². The van der Waals surface area contributed by atoms with Gasteiger partial charge in [-0.05, 0) is 46.7 Å². The Kier molecular flexibility index (Phi) is 3.00. The Morgan fingerprint density at radius 2 is 1.57 bits per heavy atom. The van der Waals surface area contributed by atoms with Crippen molar-refractivity contribution in [2.45, 2.75) is 38.0 Å². The summed E-state index contributed by atoms with van der Waals surface area (Å²) < 4.78 is 0. The fraction of sp³-hybridized carbons (Fsp3) is 0.333. The monoisotopic (exact) mass is 302 g/mol. The van der Waals surface area contributed by atoms with Gasteiger partial charge in [0.25, 0.3) is 0 Å². The predicted molar refractivity (Wildman–Crippen MR) is 85.3 cm³/mol. The van der Waals surface area contributed by atoms with Crippen LogP contribution in [-0.2, 0) is 10.8 Å². The van der Waals surface area contributed by atoms with Crippen LogP contribution in [0.25, 0.3) is 0 Å². The molecule has 2 aromatic rings. The highest BCUT2D eigenvalue weighted by atomic mass is 35.5. The molecular formula is C18H19ClO2. The van der Waals surface area contributed by atoms with E-state index in [2.05, 4.69) is 20.8 Å². The van der Waals surface area contributed by atoms with Gasteiger partial charge in [0.1, 0.15) is 11.5 Å². The maximum absolute atomic E-state index is 10.0. The number of hydrogen-bond acceptors (Lipinski definition) is 2. The fourth-order valence-electron chi connectivity index (χ4n) is 3.81. The van der Waals surface area contributed by atoms with Crippen molar-refractivity contribution in [2.75, 3.05) is 0 Å². The van der Waals surface area contributed by atoms with Crippen molar-refractivity contribution < 1.29 is 10.2 Å². The Morgan fingerprint density at radius 1 is 0.952 bits per heavy atom. The fourth-order valence-corrected chi connectivity index (χ4v) is 4.19. The lowest BCUT2D eigenvalue weighted by Crippen LogP contribution is -2.23. The van der Waals surface area contributed by atoms with Gasteiger partial charge in [0.2, 0.25) is 0 Å². The first-order valence-electron chi connectivity index (χ1n) is 7.08. The average Bonchev–Trinajstić information content (AvgIpc) is 2.62. The third-order valence-corrected chi connectivity index (χ3v) is 5.09.